The summed E-state index contributed by atoms with van der Waals surface area (Å²) in [5.41, 5.74) is 3.85. The van der Waals surface area contributed by atoms with Crippen molar-refractivity contribution in [2.24, 2.45) is 4.99 Å². The fourth-order valence-corrected chi connectivity index (χ4v) is 7.98. The van der Waals surface area contributed by atoms with Gasteiger partial charge in [-0.25, -0.2) is 8.42 Å². The highest BCUT2D eigenvalue weighted by atomic mass is 32.2. The highest BCUT2D eigenvalue weighted by Crippen LogP contribution is 2.43. The summed E-state index contributed by atoms with van der Waals surface area (Å²) in [6.07, 6.45) is 1.66. The van der Waals surface area contributed by atoms with Crippen molar-refractivity contribution in [1.82, 2.24) is 0 Å². The fourth-order valence-electron chi connectivity index (χ4n) is 4.08. The number of benzene rings is 2. The Bertz CT molecular complexity index is 1040. The van der Waals surface area contributed by atoms with Gasteiger partial charge in [-0.05, 0) is 36.1 Å². The monoisotopic (exact) mass is 428 g/mol. The average molecular weight is 429 g/mol. The van der Waals surface area contributed by atoms with Crippen LogP contribution in [0.4, 0.5) is 5.69 Å². The summed E-state index contributed by atoms with van der Waals surface area (Å²) >= 11 is 1.42. The smallest absolute Gasteiger partial charge is 0.279 e. The lowest BCUT2D eigenvalue weighted by Gasteiger charge is -2.29. The Morgan fingerprint density at radius 2 is 1.69 bits per heavy atom. The normalized spacial score (nSPS) is 24.1. The molecule has 4 rings (SSSR count). The summed E-state index contributed by atoms with van der Waals surface area (Å²) in [6, 6.07) is 15.0. The molecule has 29 heavy (non-hydrogen) atoms. The molecule has 0 saturated carbocycles. The number of aliphatic imine (C=N–C) groups is 1. The van der Waals surface area contributed by atoms with Gasteiger partial charge in [0.1, 0.15) is 0 Å². The third-order valence-electron chi connectivity index (χ3n) is 5.49. The molecule has 2 aliphatic rings. The molecule has 7 heteroatoms. The lowest BCUT2D eigenvalue weighted by Crippen LogP contribution is -2.39. The molecular formula is C22H24N2O3S2. The number of sulfone groups is 1. The van der Waals surface area contributed by atoms with Gasteiger partial charge in [-0.15, -0.1) is 0 Å². The minimum Gasteiger partial charge on any atom is -0.315 e. The van der Waals surface area contributed by atoms with Crippen molar-refractivity contribution in [2.75, 3.05) is 16.4 Å². The molecule has 0 radical (unpaired) electrons. The molecule has 2 aromatic carbocycles. The summed E-state index contributed by atoms with van der Waals surface area (Å²) in [7, 11) is -3.09. The number of hydrogen-bond acceptors (Lipinski definition) is 4. The Labute approximate surface area is 176 Å². The van der Waals surface area contributed by atoms with Crippen LogP contribution in [-0.4, -0.2) is 42.3 Å². The quantitative estimate of drug-likeness (QED) is 0.742. The summed E-state index contributed by atoms with van der Waals surface area (Å²) in [5.74, 6) is -0.0645. The zero-order chi connectivity index (χ0) is 20.6. The molecule has 5 nitrogen and oxygen atoms in total. The Morgan fingerprint density at radius 3 is 2.31 bits per heavy atom. The summed E-state index contributed by atoms with van der Waals surface area (Å²) in [6.45, 7) is 4.19. The highest BCUT2D eigenvalue weighted by Gasteiger charge is 2.50. The Morgan fingerprint density at radius 1 is 1.03 bits per heavy atom. The maximum atomic E-state index is 12.8. The number of aryl methyl sites for hydroxylation is 2. The number of fused-ring (bicyclic) bond motifs is 1. The summed E-state index contributed by atoms with van der Waals surface area (Å²) < 4.78 is 24.7. The average Bonchev–Trinajstić information content (AvgIpc) is 3.18. The topological polar surface area (TPSA) is 66.8 Å². The fraction of sp³-hybridized carbons (Fsp3) is 0.364. The van der Waals surface area contributed by atoms with Crippen molar-refractivity contribution in [2.45, 2.75) is 38.0 Å². The second kappa shape index (κ2) is 7.95. The van der Waals surface area contributed by atoms with Crippen LogP contribution in [0.25, 0.3) is 0 Å². The maximum Gasteiger partial charge on any atom is 0.279 e. The van der Waals surface area contributed by atoms with E-state index in [1.54, 1.807) is 12.1 Å². The van der Waals surface area contributed by atoms with E-state index >= 15 is 0 Å². The zero-order valence-corrected chi connectivity index (χ0v) is 18.2. The lowest BCUT2D eigenvalue weighted by atomic mass is 10.0. The predicted molar refractivity (Wildman–Crippen MR) is 120 cm³/mol. The SMILES string of the molecule is CCc1cccc(CC)c1N1C(=NC(=O)c2ccccc2)S[C@H]2CS(=O)(=O)C[C@H]21. The van der Waals surface area contributed by atoms with Crippen LogP contribution in [0.3, 0.4) is 0 Å². The van der Waals surface area contributed by atoms with E-state index in [2.05, 4.69) is 31.0 Å². The third kappa shape index (κ3) is 3.85. The standard InChI is InChI=1S/C22H24N2O3S2/c1-3-15-11-8-12-16(4-2)20(15)24-18-13-29(26,27)14-19(18)28-22(24)23-21(25)17-9-6-5-7-10-17/h5-12,18-19H,3-4,13-14H2,1-2H3/t18-,19+/m1/s1. The van der Waals surface area contributed by atoms with Gasteiger partial charge >= 0.3 is 0 Å². The largest absolute Gasteiger partial charge is 0.315 e. The van der Waals surface area contributed by atoms with Crippen LogP contribution in [0.1, 0.15) is 35.3 Å². The van der Waals surface area contributed by atoms with E-state index in [4.69, 9.17) is 0 Å². The molecule has 2 atom stereocenters. The molecule has 0 spiro atoms. The first-order chi connectivity index (χ1) is 13.9. The first-order valence-corrected chi connectivity index (χ1v) is 12.6. The predicted octanol–water partition coefficient (Wildman–Crippen LogP) is 3.73. The van der Waals surface area contributed by atoms with Gasteiger partial charge in [0.05, 0.1) is 17.5 Å². The number of anilines is 1. The van der Waals surface area contributed by atoms with Gasteiger partial charge < -0.3 is 4.90 Å². The number of para-hydroxylation sites is 1. The minimum absolute atomic E-state index is 0.100. The molecule has 2 aliphatic heterocycles. The van der Waals surface area contributed by atoms with Crippen LogP contribution < -0.4 is 4.90 Å². The van der Waals surface area contributed by atoms with E-state index in [9.17, 15) is 13.2 Å². The highest BCUT2D eigenvalue weighted by molar-refractivity contribution is 8.16. The van der Waals surface area contributed by atoms with Crippen LogP contribution in [-0.2, 0) is 22.7 Å². The number of rotatable bonds is 4. The first-order valence-electron chi connectivity index (χ1n) is 9.88. The maximum absolute atomic E-state index is 12.8. The summed E-state index contributed by atoms with van der Waals surface area (Å²) in [4.78, 5) is 19.3. The number of nitrogens with zero attached hydrogens (tertiary/aromatic N) is 2. The van der Waals surface area contributed by atoms with Crippen molar-refractivity contribution in [1.29, 1.82) is 0 Å². The van der Waals surface area contributed by atoms with Gasteiger partial charge in [0.15, 0.2) is 15.0 Å². The molecular weight excluding hydrogens is 404 g/mol. The zero-order valence-electron chi connectivity index (χ0n) is 16.5. The first kappa shape index (κ1) is 20.2. The van der Waals surface area contributed by atoms with E-state index in [-0.39, 0.29) is 28.7 Å². The summed E-state index contributed by atoms with van der Waals surface area (Å²) in [5, 5.41) is 0.510. The molecule has 0 bridgehead atoms. The Hall–Kier alpha value is -2.12. The van der Waals surface area contributed by atoms with E-state index in [0.717, 1.165) is 29.7 Å². The van der Waals surface area contributed by atoms with Crippen LogP contribution in [0.15, 0.2) is 53.5 Å². The van der Waals surface area contributed by atoms with Gasteiger partial charge in [0.25, 0.3) is 5.91 Å². The number of amides is 1. The number of carbonyl (C=O) groups is 1. The molecule has 2 aromatic rings. The van der Waals surface area contributed by atoms with Crippen LogP contribution >= 0.6 is 11.8 Å². The molecule has 152 valence electrons. The number of amidine groups is 1. The van der Waals surface area contributed by atoms with Gasteiger partial charge in [-0.2, -0.15) is 4.99 Å². The van der Waals surface area contributed by atoms with Gasteiger partial charge in [0, 0.05) is 16.5 Å². The number of carbonyl (C=O) groups excluding carboxylic acids is 1. The van der Waals surface area contributed by atoms with E-state index in [0.29, 0.717) is 10.7 Å². The second-order valence-corrected chi connectivity index (χ2v) is 10.7. The van der Waals surface area contributed by atoms with Crippen molar-refractivity contribution in [3.63, 3.8) is 0 Å². The Kier molecular flexibility index (Phi) is 5.53. The van der Waals surface area contributed by atoms with Crippen molar-refractivity contribution in [3.05, 3.63) is 65.2 Å². The van der Waals surface area contributed by atoms with Gasteiger partial charge in [0.2, 0.25) is 0 Å². The molecule has 0 N–H and O–H groups in total. The molecule has 0 unspecified atom stereocenters. The van der Waals surface area contributed by atoms with Crippen LogP contribution in [0.2, 0.25) is 0 Å². The van der Waals surface area contributed by atoms with Gasteiger partial charge in [-0.1, -0.05) is 62.0 Å². The van der Waals surface area contributed by atoms with Crippen LogP contribution in [0.5, 0.6) is 0 Å². The minimum atomic E-state index is -3.09. The lowest BCUT2D eigenvalue weighted by molar-refractivity contribution is 0.100. The Balaban J connectivity index is 1.83. The number of hydrogen-bond donors (Lipinski definition) is 0. The third-order valence-corrected chi connectivity index (χ3v) is 8.70. The molecule has 0 aromatic heterocycles. The molecule has 2 fully saturated rings. The molecule has 2 heterocycles. The van der Waals surface area contributed by atoms with E-state index in [1.165, 1.54) is 11.8 Å². The van der Waals surface area contributed by atoms with E-state index in [1.807, 2.05) is 29.2 Å². The van der Waals surface area contributed by atoms with E-state index < -0.39 is 9.84 Å². The molecule has 1 amide bonds. The molecule has 0 aliphatic carbocycles. The second-order valence-electron chi connectivity index (χ2n) is 7.37. The van der Waals surface area contributed by atoms with Crippen molar-refractivity contribution in [3.8, 4) is 0 Å². The van der Waals surface area contributed by atoms with Crippen molar-refractivity contribution < 1.29 is 13.2 Å². The number of thioether (sulfide) groups is 1. The van der Waals surface area contributed by atoms with Gasteiger partial charge in [-0.3, -0.25) is 4.79 Å². The van der Waals surface area contributed by atoms with Crippen LogP contribution in [0, 0.1) is 0 Å². The van der Waals surface area contributed by atoms with Crippen molar-refractivity contribution >= 4 is 38.4 Å². The molecule has 2 saturated heterocycles.